The summed E-state index contributed by atoms with van der Waals surface area (Å²) in [5.74, 6) is -0.292. The minimum Gasteiger partial charge on any atom is -0.348 e. The Morgan fingerprint density at radius 3 is 2.56 bits per heavy atom. The molecule has 0 saturated heterocycles. The maximum absolute atomic E-state index is 12.3. The van der Waals surface area contributed by atoms with Gasteiger partial charge in [-0.15, -0.1) is 0 Å². The van der Waals surface area contributed by atoms with E-state index < -0.39 is 11.9 Å². The van der Waals surface area contributed by atoms with Gasteiger partial charge in [-0.1, -0.05) is 0 Å². The largest absolute Gasteiger partial charge is 0.435 e. The molecule has 18 heavy (non-hydrogen) atoms. The maximum atomic E-state index is 12.3. The molecule has 7 heteroatoms. The molecule has 0 bridgehead atoms. The average Bonchev–Trinajstić information content (AvgIpc) is 2.85. The molecule has 0 atom stereocenters. The molecule has 2 heterocycles. The summed E-state index contributed by atoms with van der Waals surface area (Å²) in [6.45, 7) is -0.214. The molecule has 0 fully saturated rings. The van der Waals surface area contributed by atoms with Crippen molar-refractivity contribution in [3.05, 3.63) is 42.0 Å². The van der Waals surface area contributed by atoms with Crippen molar-refractivity contribution >= 4 is 5.78 Å². The molecule has 0 unspecified atom stereocenters. The van der Waals surface area contributed by atoms with E-state index in [9.17, 15) is 18.0 Å². The van der Waals surface area contributed by atoms with Crippen LogP contribution in [0.15, 0.2) is 30.6 Å². The summed E-state index contributed by atoms with van der Waals surface area (Å²) in [7, 11) is 1.69. The monoisotopic (exact) mass is 257 g/mol. The van der Waals surface area contributed by atoms with Gasteiger partial charge in [0.25, 0.3) is 0 Å². The third-order valence-corrected chi connectivity index (χ3v) is 2.47. The molecule has 96 valence electrons. The van der Waals surface area contributed by atoms with Crippen LogP contribution in [0.25, 0.3) is 0 Å². The van der Waals surface area contributed by atoms with Crippen molar-refractivity contribution in [2.24, 2.45) is 7.05 Å². The summed E-state index contributed by atoms with van der Waals surface area (Å²) in [6.07, 6.45) is -1.65. The number of carbonyl (C=O) groups is 1. The van der Waals surface area contributed by atoms with Crippen LogP contribution in [0.5, 0.6) is 0 Å². The van der Waals surface area contributed by atoms with Crippen LogP contribution in [0.1, 0.15) is 16.2 Å². The Morgan fingerprint density at radius 2 is 2.06 bits per heavy atom. The van der Waals surface area contributed by atoms with Crippen molar-refractivity contribution in [1.29, 1.82) is 0 Å². The third kappa shape index (κ3) is 2.44. The average molecular weight is 257 g/mol. The van der Waals surface area contributed by atoms with Gasteiger partial charge in [0.2, 0.25) is 5.78 Å². The van der Waals surface area contributed by atoms with Crippen LogP contribution in [0.3, 0.4) is 0 Å². The van der Waals surface area contributed by atoms with Crippen molar-refractivity contribution in [3.63, 3.8) is 0 Å². The zero-order chi connectivity index (χ0) is 13.3. The van der Waals surface area contributed by atoms with Crippen molar-refractivity contribution in [1.82, 2.24) is 14.3 Å². The summed E-state index contributed by atoms with van der Waals surface area (Å²) in [5.41, 5.74) is -0.568. The SMILES string of the molecule is Cn1cccc1C(=O)Cn1ccc(C(F)(F)F)n1. The molecule has 2 aromatic heterocycles. The Kier molecular flexibility index (Phi) is 2.98. The van der Waals surface area contributed by atoms with E-state index in [-0.39, 0.29) is 12.3 Å². The van der Waals surface area contributed by atoms with Crippen LogP contribution in [0, 0.1) is 0 Å². The molecule has 4 nitrogen and oxygen atoms in total. The fourth-order valence-corrected chi connectivity index (χ4v) is 1.58. The Hall–Kier alpha value is -2.05. The minimum absolute atomic E-state index is 0.214. The highest BCUT2D eigenvalue weighted by Crippen LogP contribution is 2.27. The van der Waals surface area contributed by atoms with Crippen LogP contribution < -0.4 is 0 Å². The molecule has 2 aromatic rings. The number of hydrogen-bond donors (Lipinski definition) is 0. The van der Waals surface area contributed by atoms with E-state index in [4.69, 9.17) is 0 Å². The normalized spacial score (nSPS) is 11.8. The minimum atomic E-state index is -4.49. The highest BCUT2D eigenvalue weighted by atomic mass is 19.4. The van der Waals surface area contributed by atoms with Gasteiger partial charge in [-0.25, -0.2) is 0 Å². The number of aryl methyl sites for hydroxylation is 1. The lowest BCUT2D eigenvalue weighted by molar-refractivity contribution is -0.141. The first kappa shape index (κ1) is 12.4. The Morgan fingerprint density at radius 1 is 1.33 bits per heavy atom. The first-order valence-electron chi connectivity index (χ1n) is 5.13. The number of hydrogen-bond acceptors (Lipinski definition) is 2. The Balaban J connectivity index is 2.13. The molecule has 0 amide bonds. The van der Waals surface area contributed by atoms with Gasteiger partial charge in [-0.3, -0.25) is 9.48 Å². The second-order valence-electron chi connectivity index (χ2n) is 3.82. The van der Waals surface area contributed by atoms with Crippen molar-refractivity contribution < 1.29 is 18.0 Å². The van der Waals surface area contributed by atoms with Crippen molar-refractivity contribution in [2.45, 2.75) is 12.7 Å². The molecule has 0 N–H and O–H groups in total. The predicted molar refractivity (Wildman–Crippen MR) is 57.0 cm³/mol. The highest BCUT2D eigenvalue weighted by Gasteiger charge is 2.33. The third-order valence-electron chi connectivity index (χ3n) is 2.47. The quantitative estimate of drug-likeness (QED) is 0.790. The zero-order valence-electron chi connectivity index (χ0n) is 9.48. The number of carbonyl (C=O) groups excluding carboxylic acids is 1. The smallest absolute Gasteiger partial charge is 0.348 e. The van der Waals surface area contributed by atoms with Gasteiger partial charge >= 0.3 is 6.18 Å². The van der Waals surface area contributed by atoms with Crippen molar-refractivity contribution in [2.75, 3.05) is 0 Å². The van der Waals surface area contributed by atoms with Gasteiger partial charge in [0.1, 0.15) is 6.54 Å². The topological polar surface area (TPSA) is 39.8 Å². The fourth-order valence-electron chi connectivity index (χ4n) is 1.58. The standard InChI is InChI=1S/C11H10F3N3O/c1-16-5-2-3-8(16)9(18)7-17-6-4-10(15-17)11(12,13)14/h2-6H,7H2,1H3. The molecule has 0 aliphatic heterocycles. The number of alkyl halides is 3. The summed E-state index contributed by atoms with van der Waals surface area (Å²) < 4.78 is 39.5. The number of ketones is 1. The van der Waals surface area contributed by atoms with Crippen molar-refractivity contribution in [3.8, 4) is 0 Å². The molecule has 2 rings (SSSR count). The van der Waals surface area contributed by atoms with E-state index in [2.05, 4.69) is 5.10 Å². The summed E-state index contributed by atoms with van der Waals surface area (Å²) >= 11 is 0. The van der Waals surface area contributed by atoms with E-state index in [0.717, 1.165) is 16.9 Å². The zero-order valence-corrected chi connectivity index (χ0v) is 9.48. The van der Waals surface area contributed by atoms with Crippen LogP contribution >= 0.6 is 0 Å². The first-order valence-corrected chi connectivity index (χ1v) is 5.13. The van der Waals surface area contributed by atoms with Gasteiger partial charge in [0.15, 0.2) is 5.69 Å². The van der Waals surface area contributed by atoms with Crippen LogP contribution in [-0.2, 0) is 19.8 Å². The van der Waals surface area contributed by atoms with E-state index in [1.54, 1.807) is 29.9 Å². The predicted octanol–water partition coefficient (Wildman–Crippen LogP) is 2.12. The highest BCUT2D eigenvalue weighted by molar-refractivity contribution is 5.94. The fraction of sp³-hybridized carbons (Fsp3) is 0.273. The molecule has 0 saturated carbocycles. The second kappa shape index (κ2) is 4.32. The number of nitrogens with zero attached hydrogens (tertiary/aromatic N) is 3. The summed E-state index contributed by atoms with van der Waals surface area (Å²) in [4.78, 5) is 11.8. The van der Waals surface area contributed by atoms with Crippen LogP contribution in [0.4, 0.5) is 13.2 Å². The molecular weight excluding hydrogens is 247 g/mol. The lowest BCUT2D eigenvalue weighted by atomic mass is 10.3. The molecule has 0 radical (unpaired) electrons. The number of Topliss-reactive ketones (excluding diaryl/α,β-unsaturated/α-hetero) is 1. The van der Waals surface area contributed by atoms with E-state index >= 15 is 0 Å². The lowest BCUT2D eigenvalue weighted by Gasteiger charge is -2.04. The van der Waals surface area contributed by atoms with E-state index in [1.165, 1.54) is 0 Å². The molecule has 0 aromatic carbocycles. The number of aromatic nitrogens is 3. The Labute approximate surface area is 101 Å². The van der Waals surface area contributed by atoms with E-state index in [1.807, 2.05) is 0 Å². The van der Waals surface area contributed by atoms with Gasteiger partial charge < -0.3 is 4.57 Å². The van der Waals surface area contributed by atoms with E-state index in [0.29, 0.717) is 5.69 Å². The summed E-state index contributed by atoms with van der Waals surface area (Å²) in [5, 5.41) is 3.32. The van der Waals surface area contributed by atoms with Crippen LogP contribution in [-0.4, -0.2) is 20.1 Å². The Bertz CT molecular complexity index is 568. The molecular formula is C11H10F3N3O. The summed E-state index contributed by atoms with van der Waals surface area (Å²) in [6, 6.07) is 4.15. The first-order chi connectivity index (χ1) is 8.38. The molecule has 0 aliphatic rings. The number of halogens is 3. The van der Waals surface area contributed by atoms with Gasteiger partial charge in [0.05, 0.1) is 5.69 Å². The van der Waals surface area contributed by atoms with Gasteiger partial charge in [-0.05, 0) is 18.2 Å². The van der Waals surface area contributed by atoms with Gasteiger partial charge in [-0.2, -0.15) is 18.3 Å². The van der Waals surface area contributed by atoms with Gasteiger partial charge in [0, 0.05) is 19.4 Å². The van der Waals surface area contributed by atoms with Crippen LogP contribution in [0.2, 0.25) is 0 Å². The number of rotatable bonds is 3. The maximum Gasteiger partial charge on any atom is 0.435 e. The lowest BCUT2D eigenvalue weighted by Crippen LogP contribution is -2.15. The molecule has 0 spiro atoms. The molecule has 0 aliphatic carbocycles. The second-order valence-corrected chi connectivity index (χ2v) is 3.82.